The molecule has 180 valence electrons. The van der Waals surface area contributed by atoms with Crippen molar-refractivity contribution in [2.75, 3.05) is 41.7 Å². The second-order valence-corrected chi connectivity index (χ2v) is 7.84. The van der Waals surface area contributed by atoms with Gasteiger partial charge in [-0.05, 0) is 55.2 Å². The quantitative estimate of drug-likeness (QED) is 0.356. The van der Waals surface area contributed by atoms with E-state index in [0.29, 0.717) is 28.4 Å². The Hall–Kier alpha value is -2.65. The van der Waals surface area contributed by atoms with Crippen molar-refractivity contribution in [2.45, 2.75) is 31.8 Å². The van der Waals surface area contributed by atoms with Crippen molar-refractivity contribution in [1.82, 2.24) is 0 Å². The van der Waals surface area contributed by atoms with E-state index in [1.807, 2.05) is 6.07 Å². The maximum Gasteiger partial charge on any atom is 0.188 e. The average Bonchev–Trinajstić information content (AvgIpc) is 3.34. The lowest BCUT2D eigenvalue weighted by atomic mass is 9.82. The minimum atomic E-state index is -0.232. The molecule has 0 bridgehead atoms. The Morgan fingerprint density at radius 3 is 2.15 bits per heavy atom. The summed E-state index contributed by atoms with van der Waals surface area (Å²) in [5.41, 5.74) is 2.04. The van der Waals surface area contributed by atoms with Crippen molar-refractivity contribution in [2.24, 2.45) is 5.92 Å². The van der Waals surface area contributed by atoms with Crippen LogP contribution in [0, 0.1) is 5.92 Å². The third kappa shape index (κ3) is 6.23. The molecule has 1 unspecified atom stereocenters. The van der Waals surface area contributed by atoms with E-state index >= 15 is 0 Å². The van der Waals surface area contributed by atoms with Gasteiger partial charge in [-0.25, -0.2) is 0 Å². The van der Waals surface area contributed by atoms with Gasteiger partial charge < -0.3 is 33.5 Å². The van der Waals surface area contributed by atoms with Crippen LogP contribution in [-0.2, 0) is 20.8 Å². The Balaban J connectivity index is 1.91. The summed E-state index contributed by atoms with van der Waals surface area (Å²) >= 11 is 0. The molecule has 2 aromatic carbocycles. The van der Waals surface area contributed by atoms with Gasteiger partial charge in [-0.2, -0.15) is 0 Å². The molecule has 1 N–H and O–H groups in total. The first kappa shape index (κ1) is 25.0. The molecule has 8 nitrogen and oxygen atoms in total. The van der Waals surface area contributed by atoms with Crippen LogP contribution in [0.4, 0.5) is 0 Å². The highest BCUT2D eigenvalue weighted by atomic mass is 16.7. The lowest BCUT2D eigenvalue weighted by molar-refractivity contribution is 0.0458. The van der Waals surface area contributed by atoms with E-state index in [9.17, 15) is 9.90 Å². The first-order chi connectivity index (χ1) is 16.1. The highest BCUT2D eigenvalue weighted by molar-refractivity contribution is 5.98. The molecule has 0 saturated heterocycles. The van der Waals surface area contributed by atoms with Gasteiger partial charge in [-0.3, -0.25) is 4.79 Å². The second-order valence-electron chi connectivity index (χ2n) is 7.84. The summed E-state index contributed by atoms with van der Waals surface area (Å²) in [6.07, 6.45) is 2.51. The van der Waals surface area contributed by atoms with Gasteiger partial charge in [0.1, 0.15) is 17.2 Å². The fourth-order valence-corrected chi connectivity index (χ4v) is 4.28. The zero-order valence-electron chi connectivity index (χ0n) is 19.4. The van der Waals surface area contributed by atoms with Crippen molar-refractivity contribution in [3.8, 4) is 17.2 Å². The summed E-state index contributed by atoms with van der Waals surface area (Å²) < 4.78 is 32.0. The second kappa shape index (κ2) is 12.6. The smallest absolute Gasteiger partial charge is 0.188 e. The number of hydrogen-bond donors (Lipinski definition) is 1. The van der Waals surface area contributed by atoms with Crippen LogP contribution in [0.15, 0.2) is 36.4 Å². The molecule has 1 aliphatic rings. The van der Waals surface area contributed by atoms with Gasteiger partial charge in [0.05, 0.1) is 6.61 Å². The number of carbonyl (C=O) groups excluding carboxylic acids is 1. The monoisotopic (exact) mass is 460 g/mol. The van der Waals surface area contributed by atoms with Crippen molar-refractivity contribution >= 4 is 5.78 Å². The maximum absolute atomic E-state index is 13.5. The molecule has 0 aliphatic heterocycles. The van der Waals surface area contributed by atoms with Crippen LogP contribution >= 0.6 is 0 Å². The summed E-state index contributed by atoms with van der Waals surface area (Å²) in [6.45, 7) is 0.0288. The molecule has 0 heterocycles. The van der Waals surface area contributed by atoms with Crippen molar-refractivity contribution in [3.05, 3.63) is 53.1 Å². The fourth-order valence-electron chi connectivity index (χ4n) is 4.28. The standard InChI is InChI=1S/C25H32O8/c1-28-14-31-19-9-7-17(8-10-19)24(27)22-6-4-5-21(22)23-12-20(32-15-29-2)11-18(13-26)25(23)33-16-30-3/h7-12,21-22,26H,4-6,13-16H2,1-3H3/t21?,22-/m0/s1. The Kier molecular flexibility index (Phi) is 9.50. The van der Waals surface area contributed by atoms with E-state index in [0.717, 1.165) is 24.8 Å². The lowest BCUT2D eigenvalue weighted by Gasteiger charge is -2.24. The summed E-state index contributed by atoms with van der Waals surface area (Å²) in [5, 5.41) is 9.98. The Bertz CT molecular complexity index is 896. The number of methoxy groups -OCH3 is 3. The van der Waals surface area contributed by atoms with E-state index in [1.54, 1.807) is 44.6 Å². The largest absolute Gasteiger partial charge is 0.468 e. The minimum absolute atomic E-state index is 0.0343. The number of rotatable bonds is 13. The van der Waals surface area contributed by atoms with E-state index in [1.165, 1.54) is 7.11 Å². The van der Waals surface area contributed by atoms with Gasteiger partial charge in [0.15, 0.2) is 26.2 Å². The summed E-state index contributed by atoms with van der Waals surface area (Å²) in [5.74, 6) is 1.51. The molecular formula is C25H32O8. The first-order valence-electron chi connectivity index (χ1n) is 10.9. The molecular weight excluding hydrogens is 428 g/mol. The Morgan fingerprint density at radius 2 is 1.52 bits per heavy atom. The number of Topliss-reactive ketones (excluding diaryl/α,β-unsaturated/α-hetero) is 1. The average molecular weight is 461 g/mol. The molecule has 2 atom stereocenters. The molecule has 1 aliphatic carbocycles. The van der Waals surface area contributed by atoms with Crippen LogP contribution in [-0.4, -0.2) is 52.6 Å². The highest BCUT2D eigenvalue weighted by Crippen LogP contribution is 2.47. The van der Waals surface area contributed by atoms with Crippen LogP contribution in [0.3, 0.4) is 0 Å². The normalized spacial score (nSPS) is 17.7. The molecule has 0 amide bonds. The van der Waals surface area contributed by atoms with Gasteiger partial charge in [0, 0.05) is 43.9 Å². The predicted octanol–water partition coefficient (Wildman–Crippen LogP) is 3.89. The lowest BCUT2D eigenvalue weighted by Crippen LogP contribution is -2.19. The number of aliphatic hydroxyl groups is 1. The Labute approximate surface area is 194 Å². The maximum atomic E-state index is 13.5. The number of hydrogen-bond acceptors (Lipinski definition) is 8. The third-order valence-electron chi connectivity index (χ3n) is 5.74. The summed E-state index contributed by atoms with van der Waals surface area (Å²) in [7, 11) is 4.64. The molecule has 2 aromatic rings. The molecule has 8 heteroatoms. The SMILES string of the molecule is COCOc1ccc(C(=O)[C@H]2CCCC2c2cc(OCOC)cc(CO)c2OCOC)cc1. The van der Waals surface area contributed by atoms with Gasteiger partial charge >= 0.3 is 0 Å². The van der Waals surface area contributed by atoms with E-state index in [2.05, 4.69) is 0 Å². The molecule has 3 rings (SSSR count). The summed E-state index contributed by atoms with van der Waals surface area (Å²) in [6, 6.07) is 10.7. The molecule has 0 spiro atoms. The zero-order valence-corrected chi connectivity index (χ0v) is 19.4. The van der Waals surface area contributed by atoms with Crippen molar-refractivity contribution in [3.63, 3.8) is 0 Å². The number of ether oxygens (including phenoxy) is 6. The van der Waals surface area contributed by atoms with Gasteiger partial charge in [0.2, 0.25) is 0 Å². The predicted molar refractivity (Wildman–Crippen MR) is 121 cm³/mol. The molecule has 1 saturated carbocycles. The van der Waals surface area contributed by atoms with Crippen LogP contribution < -0.4 is 14.2 Å². The van der Waals surface area contributed by atoms with Crippen LogP contribution in [0.5, 0.6) is 17.2 Å². The van der Waals surface area contributed by atoms with Crippen LogP contribution in [0.2, 0.25) is 0 Å². The van der Waals surface area contributed by atoms with E-state index in [4.69, 9.17) is 28.4 Å². The first-order valence-corrected chi connectivity index (χ1v) is 10.9. The zero-order chi connectivity index (χ0) is 23.6. The number of ketones is 1. The number of carbonyl (C=O) groups is 1. The third-order valence-corrected chi connectivity index (χ3v) is 5.74. The molecule has 0 aromatic heterocycles. The molecule has 33 heavy (non-hydrogen) atoms. The van der Waals surface area contributed by atoms with Gasteiger partial charge in [-0.15, -0.1) is 0 Å². The van der Waals surface area contributed by atoms with E-state index in [-0.39, 0.29) is 44.6 Å². The highest BCUT2D eigenvalue weighted by Gasteiger charge is 2.37. The van der Waals surface area contributed by atoms with Crippen LogP contribution in [0.25, 0.3) is 0 Å². The van der Waals surface area contributed by atoms with Crippen molar-refractivity contribution in [1.29, 1.82) is 0 Å². The number of aliphatic hydroxyl groups excluding tert-OH is 1. The van der Waals surface area contributed by atoms with Gasteiger partial charge in [-0.1, -0.05) is 6.42 Å². The van der Waals surface area contributed by atoms with Crippen molar-refractivity contribution < 1.29 is 38.3 Å². The topological polar surface area (TPSA) is 92.7 Å². The molecule has 0 radical (unpaired) electrons. The Morgan fingerprint density at radius 1 is 0.879 bits per heavy atom. The number of benzene rings is 2. The summed E-state index contributed by atoms with van der Waals surface area (Å²) in [4.78, 5) is 13.5. The van der Waals surface area contributed by atoms with Crippen LogP contribution in [0.1, 0.15) is 46.7 Å². The molecule has 1 fully saturated rings. The van der Waals surface area contributed by atoms with Gasteiger partial charge in [0.25, 0.3) is 0 Å². The van der Waals surface area contributed by atoms with E-state index < -0.39 is 0 Å². The minimum Gasteiger partial charge on any atom is -0.468 e. The fraction of sp³-hybridized carbons (Fsp3) is 0.480.